The lowest BCUT2D eigenvalue weighted by Gasteiger charge is -2.47. The third-order valence-electron chi connectivity index (χ3n) is 12.6. The van der Waals surface area contributed by atoms with E-state index in [9.17, 15) is 29.7 Å². The van der Waals surface area contributed by atoms with Crippen LogP contribution in [-0.2, 0) is 38.1 Å². The molecule has 13 atom stereocenters. The van der Waals surface area contributed by atoms with Crippen LogP contribution in [0.2, 0.25) is 0 Å². The molecule has 1 saturated carbocycles. The molecule has 12 nitrogen and oxygen atoms in total. The summed E-state index contributed by atoms with van der Waals surface area (Å²) < 4.78 is 29.9. The largest absolute Gasteiger partial charge is 0.456 e. The predicted molar refractivity (Wildman–Crippen MR) is 208 cm³/mol. The molecule has 3 heterocycles. The van der Waals surface area contributed by atoms with Gasteiger partial charge in [-0.05, 0) is 102 Å². The first-order valence-corrected chi connectivity index (χ1v) is 20.5. The van der Waals surface area contributed by atoms with Crippen molar-refractivity contribution in [2.45, 2.75) is 167 Å². The van der Waals surface area contributed by atoms with Crippen LogP contribution in [0.25, 0.3) is 0 Å². The number of hydrogen-bond acceptors (Lipinski definition) is 11. The number of nitrogens with zero attached hydrogens (tertiary/aromatic N) is 1. The number of carbonyl (C=O) groups excluding carboxylic acids is 3. The van der Waals surface area contributed by atoms with E-state index in [1.165, 1.54) is 4.90 Å². The quantitative estimate of drug-likeness (QED) is 0.185. The summed E-state index contributed by atoms with van der Waals surface area (Å²) in [5, 5.41) is 34.1. The van der Waals surface area contributed by atoms with Gasteiger partial charge in [-0.1, -0.05) is 57.1 Å². The average molecular weight is 776 g/mol. The molecule has 0 aromatic rings. The van der Waals surface area contributed by atoms with Gasteiger partial charge in [-0.25, -0.2) is 4.79 Å². The fraction of sp³-hybridized carbons (Fsp3) is 0.791. The first kappa shape index (κ1) is 45.3. The first-order valence-electron chi connectivity index (χ1n) is 20.5. The van der Waals surface area contributed by atoms with E-state index in [1.54, 1.807) is 28.3 Å². The Morgan fingerprint density at radius 3 is 2.27 bits per heavy atom. The molecule has 12 heteroatoms. The van der Waals surface area contributed by atoms with Crippen molar-refractivity contribution in [3.63, 3.8) is 0 Å². The Balaban J connectivity index is 1.76. The van der Waals surface area contributed by atoms with Gasteiger partial charge in [0.2, 0.25) is 5.79 Å². The highest BCUT2D eigenvalue weighted by Gasteiger charge is 2.56. The van der Waals surface area contributed by atoms with Gasteiger partial charge in [0.05, 0.1) is 30.5 Å². The maximum absolute atomic E-state index is 14.3. The van der Waals surface area contributed by atoms with Crippen LogP contribution in [-0.4, -0.2) is 120 Å². The molecule has 2 bridgehead atoms. The van der Waals surface area contributed by atoms with Crippen molar-refractivity contribution in [1.82, 2.24) is 4.90 Å². The van der Waals surface area contributed by atoms with E-state index in [-0.39, 0.29) is 37.3 Å². The molecular weight excluding hydrogens is 706 g/mol. The molecule has 0 spiro atoms. The van der Waals surface area contributed by atoms with Gasteiger partial charge in [0.25, 0.3) is 11.7 Å². The number of methoxy groups -OCH3 is 3. The van der Waals surface area contributed by atoms with E-state index in [0.717, 1.165) is 36.0 Å². The summed E-state index contributed by atoms with van der Waals surface area (Å²) >= 11 is 0. The van der Waals surface area contributed by atoms with E-state index in [4.69, 9.17) is 23.7 Å². The number of hydrogen-bond donors (Lipinski definition) is 3. The van der Waals surface area contributed by atoms with Crippen molar-refractivity contribution in [3.05, 3.63) is 34.9 Å². The van der Waals surface area contributed by atoms with E-state index in [1.807, 2.05) is 19.9 Å². The number of amides is 1. The summed E-state index contributed by atoms with van der Waals surface area (Å²) in [7, 11) is 4.71. The van der Waals surface area contributed by atoms with Crippen LogP contribution in [0.4, 0.5) is 0 Å². The molecule has 0 radical (unpaired) electrons. The molecule has 3 aliphatic heterocycles. The highest BCUT2D eigenvalue weighted by molar-refractivity contribution is 6.39. The topological polar surface area (TPSA) is 161 Å². The summed E-state index contributed by atoms with van der Waals surface area (Å²) in [6.45, 7) is 11.8. The van der Waals surface area contributed by atoms with Gasteiger partial charge in [-0.3, -0.25) is 9.59 Å². The monoisotopic (exact) mass is 775 g/mol. The van der Waals surface area contributed by atoms with Crippen LogP contribution < -0.4 is 0 Å². The van der Waals surface area contributed by atoms with Crippen LogP contribution >= 0.6 is 0 Å². The highest BCUT2D eigenvalue weighted by Crippen LogP contribution is 2.39. The number of Topliss-reactive ketones (excluding diaryl/α,β-unsaturated/α-hetero) is 1. The van der Waals surface area contributed by atoms with E-state index in [2.05, 4.69) is 32.9 Å². The molecule has 0 aromatic heterocycles. The van der Waals surface area contributed by atoms with Gasteiger partial charge in [0.15, 0.2) is 0 Å². The Labute approximate surface area is 328 Å². The lowest BCUT2D eigenvalue weighted by molar-refractivity contribution is -0.302. The summed E-state index contributed by atoms with van der Waals surface area (Å²) in [6.07, 6.45) is 7.87. The molecule has 1 amide bonds. The Morgan fingerprint density at radius 2 is 1.62 bits per heavy atom. The molecule has 55 heavy (non-hydrogen) atoms. The number of aliphatic hydroxyl groups excluding tert-OH is 2. The maximum Gasteiger partial charge on any atom is 0.329 e. The lowest BCUT2D eigenvalue weighted by atomic mass is 9.82. The zero-order chi connectivity index (χ0) is 40.6. The second-order valence-corrected chi connectivity index (χ2v) is 16.8. The van der Waals surface area contributed by atoms with Gasteiger partial charge >= 0.3 is 5.97 Å². The molecule has 2 saturated heterocycles. The number of fused-ring (bicyclic) bond motifs is 3. The van der Waals surface area contributed by atoms with Crippen molar-refractivity contribution in [2.24, 2.45) is 23.7 Å². The van der Waals surface area contributed by atoms with Crippen LogP contribution in [0.3, 0.4) is 0 Å². The highest BCUT2D eigenvalue weighted by atomic mass is 16.7. The molecule has 3 N–H and O–H groups in total. The van der Waals surface area contributed by atoms with E-state index < -0.39 is 77.9 Å². The number of rotatable bonds is 6. The number of carbonyl (C=O) groups is 3. The van der Waals surface area contributed by atoms with Crippen molar-refractivity contribution in [1.29, 1.82) is 0 Å². The summed E-state index contributed by atoms with van der Waals surface area (Å²) in [5.41, 5.74) is 2.99. The second-order valence-electron chi connectivity index (χ2n) is 16.8. The second kappa shape index (κ2) is 20.3. The van der Waals surface area contributed by atoms with Crippen LogP contribution in [0.1, 0.15) is 112 Å². The van der Waals surface area contributed by atoms with Gasteiger partial charge in [0.1, 0.15) is 18.2 Å². The number of esters is 1. The predicted octanol–water partition coefficient (Wildman–Crippen LogP) is 5.21. The Kier molecular flexibility index (Phi) is 16.7. The zero-order valence-corrected chi connectivity index (χ0v) is 34.7. The van der Waals surface area contributed by atoms with Crippen molar-refractivity contribution in [3.8, 4) is 0 Å². The smallest absolute Gasteiger partial charge is 0.329 e. The van der Waals surface area contributed by atoms with Crippen LogP contribution in [0.5, 0.6) is 0 Å². The molecule has 2 unspecified atom stereocenters. The normalized spacial score (nSPS) is 41.6. The fourth-order valence-corrected chi connectivity index (χ4v) is 9.17. The minimum absolute atomic E-state index is 0.0615. The molecule has 4 aliphatic rings. The van der Waals surface area contributed by atoms with Gasteiger partial charge < -0.3 is 43.9 Å². The number of cyclic esters (lactones) is 1. The number of aliphatic hydroxyl groups is 3. The SMILES string of the molecule is CCC1=C/C[C@H](O)[C@@H](C)C(/C(C)=C/[C@@H]2CC[C@@H](O)[C@H](OC)C2)OC(=O)[C@@H]2CCCCN2C(=O)C(=O)[C@]2(O)O[C@H](C(OC)C[C@@H](C)C\C(C)=C\1)[C@@H](OC)C[C@H]2C. The minimum atomic E-state index is -2.47. The zero-order valence-electron chi connectivity index (χ0n) is 34.7. The fourth-order valence-electron chi connectivity index (χ4n) is 9.17. The standard InChI is InChI=1S/C43H69NO11/c1-10-30-14-16-33(45)29(6)38(27(4)22-31-15-17-34(46)35(24-31)51-7)54-42(49)32-13-11-12-18-44(32)41(48)40(47)43(50)28(5)23-37(53-9)39(55-43)36(52-8)21-26(3)19-25(2)20-30/h14,20,22,26,28-29,31-39,45-46,50H,10-13,15-19,21,23-24H2,1-9H3/b25-20+,27-22+,30-14-/t26-,28+,29+,31-,32-,33-,34+,35+,36?,37-,38?,39+,43+/m0/s1. The molecule has 3 fully saturated rings. The average Bonchev–Trinajstić information content (AvgIpc) is 3.17. The molecule has 0 aromatic carbocycles. The maximum atomic E-state index is 14.3. The number of ketones is 1. The van der Waals surface area contributed by atoms with Crippen molar-refractivity contribution >= 4 is 17.7 Å². The minimum Gasteiger partial charge on any atom is -0.456 e. The van der Waals surface area contributed by atoms with Gasteiger partial charge in [-0.2, -0.15) is 0 Å². The lowest BCUT2D eigenvalue weighted by Crippen LogP contribution is -2.64. The summed E-state index contributed by atoms with van der Waals surface area (Å²) in [6, 6.07) is -1.07. The molecule has 4 rings (SSSR count). The third-order valence-corrected chi connectivity index (χ3v) is 12.6. The first-order chi connectivity index (χ1) is 26.1. The molecular formula is C43H69NO11. The third kappa shape index (κ3) is 10.9. The van der Waals surface area contributed by atoms with Crippen LogP contribution in [0, 0.1) is 23.7 Å². The van der Waals surface area contributed by atoms with E-state index in [0.29, 0.717) is 38.5 Å². The Hall–Kier alpha value is -2.45. The molecule has 312 valence electrons. The summed E-state index contributed by atoms with van der Waals surface area (Å²) in [4.78, 5) is 43.9. The van der Waals surface area contributed by atoms with Crippen LogP contribution in [0.15, 0.2) is 34.9 Å². The Bertz CT molecular complexity index is 1410. The Morgan fingerprint density at radius 1 is 0.945 bits per heavy atom. The number of allylic oxidation sites excluding steroid dienone is 4. The van der Waals surface area contributed by atoms with E-state index >= 15 is 0 Å². The molecule has 1 aliphatic carbocycles. The number of ether oxygens (including phenoxy) is 5. The number of piperidine rings is 1. The van der Waals surface area contributed by atoms with Crippen molar-refractivity contribution < 1.29 is 53.4 Å². The summed E-state index contributed by atoms with van der Waals surface area (Å²) in [5.74, 6) is -6.39. The van der Waals surface area contributed by atoms with Gasteiger partial charge in [-0.15, -0.1) is 0 Å². The van der Waals surface area contributed by atoms with Crippen molar-refractivity contribution in [2.75, 3.05) is 27.9 Å². The van der Waals surface area contributed by atoms with Gasteiger partial charge in [0, 0.05) is 39.7 Å².